The standard InChI is InChI=1S/C15H16BrN5O3/c1-10-13(2-3-14(18-10)20-4-6-24-7-5-20)19-15-12(16)8-11(9-17-15)21(22)23/h2-3,8-9H,4-7H2,1H3,(H,17,19). The molecule has 1 aliphatic heterocycles. The van der Waals surface area contributed by atoms with Crippen LogP contribution < -0.4 is 10.2 Å². The molecule has 9 heteroatoms. The molecule has 1 aliphatic rings. The number of anilines is 3. The van der Waals surface area contributed by atoms with Gasteiger partial charge < -0.3 is 15.0 Å². The average Bonchev–Trinajstić information content (AvgIpc) is 2.59. The number of aryl methyl sites for hydroxylation is 1. The van der Waals surface area contributed by atoms with E-state index in [1.54, 1.807) is 0 Å². The molecular formula is C15H16BrN5O3. The molecule has 2 aromatic rings. The molecule has 1 saturated heterocycles. The number of nitrogens with one attached hydrogen (secondary N) is 1. The highest BCUT2D eigenvalue weighted by molar-refractivity contribution is 9.10. The van der Waals surface area contributed by atoms with Crippen molar-refractivity contribution in [1.82, 2.24) is 9.97 Å². The van der Waals surface area contributed by atoms with Crippen molar-refractivity contribution in [3.63, 3.8) is 0 Å². The van der Waals surface area contributed by atoms with E-state index in [2.05, 4.69) is 36.1 Å². The van der Waals surface area contributed by atoms with Gasteiger partial charge in [-0.25, -0.2) is 9.97 Å². The van der Waals surface area contributed by atoms with Gasteiger partial charge in [-0.1, -0.05) is 0 Å². The summed E-state index contributed by atoms with van der Waals surface area (Å²) in [5.41, 5.74) is 1.56. The van der Waals surface area contributed by atoms with E-state index in [9.17, 15) is 10.1 Å². The summed E-state index contributed by atoms with van der Waals surface area (Å²) >= 11 is 3.30. The summed E-state index contributed by atoms with van der Waals surface area (Å²) in [7, 11) is 0. The predicted octanol–water partition coefficient (Wildman–Crippen LogP) is 3.04. The Bertz CT molecular complexity index is 765. The summed E-state index contributed by atoms with van der Waals surface area (Å²) < 4.78 is 5.87. The molecule has 126 valence electrons. The molecule has 3 heterocycles. The van der Waals surface area contributed by atoms with Crippen LogP contribution in [-0.2, 0) is 4.74 Å². The molecule has 1 fully saturated rings. The fourth-order valence-corrected chi connectivity index (χ4v) is 2.83. The summed E-state index contributed by atoms with van der Waals surface area (Å²) in [6, 6.07) is 5.29. The number of nitro groups is 1. The lowest BCUT2D eigenvalue weighted by atomic mass is 10.2. The minimum Gasteiger partial charge on any atom is -0.378 e. The second-order valence-corrected chi connectivity index (χ2v) is 6.16. The Labute approximate surface area is 147 Å². The van der Waals surface area contributed by atoms with Crippen molar-refractivity contribution >= 4 is 38.9 Å². The molecule has 0 radical (unpaired) electrons. The number of aromatic nitrogens is 2. The van der Waals surface area contributed by atoms with Crippen LogP contribution in [0.5, 0.6) is 0 Å². The average molecular weight is 394 g/mol. The van der Waals surface area contributed by atoms with E-state index >= 15 is 0 Å². The topological polar surface area (TPSA) is 93.4 Å². The lowest BCUT2D eigenvalue weighted by Gasteiger charge is -2.28. The maximum Gasteiger partial charge on any atom is 0.288 e. The van der Waals surface area contributed by atoms with Crippen molar-refractivity contribution in [3.05, 3.63) is 44.7 Å². The van der Waals surface area contributed by atoms with Gasteiger partial charge in [0.15, 0.2) is 0 Å². The molecule has 0 aromatic carbocycles. The van der Waals surface area contributed by atoms with E-state index in [1.165, 1.54) is 12.3 Å². The number of nitrogens with zero attached hydrogens (tertiary/aromatic N) is 4. The van der Waals surface area contributed by atoms with Crippen molar-refractivity contribution in [1.29, 1.82) is 0 Å². The first-order valence-corrected chi connectivity index (χ1v) is 8.21. The minimum absolute atomic E-state index is 0.0649. The number of pyridine rings is 2. The number of hydrogen-bond donors (Lipinski definition) is 1. The van der Waals surface area contributed by atoms with Crippen LogP contribution in [0.3, 0.4) is 0 Å². The van der Waals surface area contributed by atoms with Gasteiger partial charge in [0.1, 0.15) is 17.8 Å². The first-order valence-electron chi connectivity index (χ1n) is 7.42. The zero-order chi connectivity index (χ0) is 17.1. The SMILES string of the molecule is Cc1nc(N2CCOCC2)ccc1Nc1ncc([N+](=O)[O-])cc1Br. The zero-order valence-electron chi connectivity index (χ0n) is 13.0. The zero-order valence-corrected chi connectivity index (χ0v) is 14.6. The monoisotopic (exact) mass is 393 g/mol. The molecule has 0 amide bonds. The molecule has 0 unspecified atom stereocenters. The molecule has 3 rings (SSSR count). The molecule has 2 aromatic heterocycles. The van der Waals surface area contributed by atoms with E-state index in [0.717, 1.165) is 30.3 Å². The number of ether oxygens (including phenoxy) is 1. The van der Waals surface area contributed by atoms with E-state index in [-0.39, 0.29) is 5.69 Å². The van der Waals surface area contributed by atoms with Gasteiger partial charge in [-0.2, -0.15) is 0 Å². The van der Waals surface area contributed by atoms with Gasteiger partial charge in [0.25, 0.3) is 5.69 Å². The Morgan fingerprint density at radius 2 is 2.12 bits per heavy atom. The smallest absolute Gasteiger partial charge is 0.288 e. The van der Waals surface area contributed by atoms with Crippen LogP contribution in [0.1, 0.15) is 5.69 Å². The summed E-state index contributed by atoms with van der Waals surface area (Å²) in [5.74, 6) is 1.42. The van der Waals surface area contributed by atoms with E-state index in [1.807, 2.05) is 19.1 Å². The van der Waals surface area contributed by atoms with Crippen LogP contribution >= 0.6 is 15.9 Å². The van der Waals surface area contributed by atoms with Crippen molar-refractivity contribution in [2.24, 2.45) is 0 Å². The third kappa shape index (κ3) is 3.62. The molecule has 0 bridgehead atoms. The first-order chi connectivity index (χ1) is 11.5. The summed E-state index contributed by atoms with van der Waals surface area (Å²) in [4.78, 5) is 21.2. The Balaban J connectivity index is 1.79. The molecule has 24 heavy (non-hydrogen) atoms. The summed E-state index contributed by atoms with van der Waals surface area (Å²) in [6.07, 6.45) is 1.22. The summed E-state index contributed by atoms with van der Waals surface area (Å²) in [5, 5.41) is 13.9. The van der Waals surface area contributed by atoms with Crippen molar-refractivity contribution in [3.8, 4) is 0 Å². The van der Waals surface area contributed by atoms with Crippen molar-refractivity contribution in [2.75, 3.05) is 36.5 Å². The van der Waals surface area contributed by atoms with Gasteiger partial charge in [0, 0.05) is 19.2 Å². The summed E-state index contributed by atoms with van der Waals surface area (Å²) in [6.45, 7) is 4.98. The highest BCUT2D eigenvalue weighted by atomic mass is 79.9. The number of morpholine rings is 1. The second-order valence-electron chi connectivity index (χ2n) is 5.31. The van der Waals surface area contributed by atoms with Crippen molar-refractivity contribution in [2.45, 2.75) is 6.92 Å². The Kier molecular flexibility index (Phi) is 4.91. The van der Waals surface area contributed by atoms with Crippen LogP contribution in [0, 0.1) is 17.0 Å². The molecule has 0 aliphatic carbocycles. The fourth-order valence-electron chi connectivity index (χ4n) is 2.40. The largest absolute Gasteiger partial charge is 0.378 e. The molecule has 0 spiro atoms. The van der Waals surface area contributed by atoms with Gasteiger partial charge >= 0.3 is 0 Å². The van der Waals surface area contributed by atoms with Gasteiger partial charge in [0.2, 0.25) is 0 Å². The Morgan fingerprint density at radius 1 is 1.38 bits per heavy atom. The van der Waals surface area contributed by atoms with Crippen LogP contribution in [-0.4, -0.2) is 41.2 Å². The van der Waals surface area contributed by atoms with E-state index in [4.69, 9.17) is 4.74 Å². The van der Waals surface area contributed by atoms with Crippen LogP contribution in [0.15, 0.2) is 28.9 Å². The molecule has 1 N–H and O–H groups in total. The van der Waals surface area contributed by atoms with Gasteiger partial charge in [-0.15, -0.1) is 0 Å². The highest BCUT2D eigenvalue weighted by Crippen LogP contribution is 2.29. The predicted molar refractivity (Wildman–Crippen MR) is 93.9 cm³/mol. The molecule has 0 saturated carbocycles. The first kappa shape index (κ1) is 16.6. The lowest BCUT2D eigenvalue weighted by molar-refractivity contribution is -0.385. The molecule has 8 nitrogen and oxygen atoms in total. The van der Waals surface area contributed by atoms with Gasteiger partial charge in [-0.3, -0.25) is 10.1 Å². The highest BCUT2D eigenvalue weighted by Gasteiger charge is 2.15. The van der Waals surface area contributed by atoms with Gasteiger partial charge in [0.05, 0.1) is 34.0 Å². The van der Waals surface area contributed by atoms with E-state index < -0.39 is 4.92 Å². The number of hydrogen-bond acceptors (Lipinski definition) is 7. The Hall–Kier alpha value is -2.26. The molecular weight excluding hydrogens is 378 g/mol. The van der Waals surface area contributed by atoms with Crippen molar-refractivity contribution < 1.29 is 9.66 Å². The number of halogens is 1. The van der Waals surface area contributed by atoms with E-state index in [0.29, 0.717) is 23.5 Å². The van der Waals surface area contributed by atoms with Crippen LogP contribution in [0.2, 0.25) is 0 Å². The molecule has 0 atom stereocenters. The third-order valence-corrected chi connectivity index (χ3v) is 4.30. The third-order valence-electron chi connectivity index (χ3n) is 3.70. The minimum atomic E-state index is -0.481. The second kappa shape index (κ2) is 7.10. The van der Waals surface area contributed by atoms with Crippen LogP contribution in [0.4, 0.5) is 23.0 Å². The number of rotatable bonds is 4. The maximum absolute atomic E-state index is 10.8. The maximum atomic E-state index is 10.8. The normalized spacial score (nSPS) is 14.5. The quantitative estimate of drug-likeness (QED) is 0.629. The lowest BCUT2D eigenvalue weighted by Crippen LogP contribution is -2.36. The van der Waals surface area contributed by atoms with Gasteiger partial charge in [-0.05, 0) is 35.0 Å². The van der Waals surface area contributed by atoms with Crippen LogP contribution in [0.25, 0.3) is 0 Å². The fraction of sp³-hybridized carbons (Fsp3) is 0.333. The Morgan fingerprint density at radius 3 is 2.75 bits per heavy atom.